The van der Waals surface area contributed by atoms with Gasteiger partial charge >= 0.3 is 5.69 Å². The van der Waals surface area contributed by atoms with Crippen molar-refractivity contribution in [3.63, 3.8) is 0 Å². The summed E-state index contributed by atoms with van der Waals surface area (Å²) in [6, 6.07) is 9.82. The summed E-state index contributed by atoms with van der Waals surface area (Å²) in [5, 5.41) is 15.4. The molecule has 0 saturated carbocycles. The third-order valence-corrected chi connectivity index (χ3v) is 4.55. The molecule has 4 rings (SSSR count). The van der Waals surface area contributed by atoms with E-state index in [4.69, 9.17) is 11.6 Å². The molecule has 9 heteroatoms. The summed E-state index contributed by atoms with van der Waals surface area (Å²) in [5.41, 5.74) is 3.06. The van der Waals surface area contributed by atoms with Gasteiger partial charge in [0.1, 0.15) is 5.56 Å². The Morgan fingerprint density at radius 3 is 2.67 bits per heavy atom. The fourth-order valence-electron chi connectivity index (χ4n) is 2.99. The van der Waals surface area contributed by atoms with Crippen molar-refractivity contribution >= 4 is 17.3 Å². The highest BCUT2D eigenvalue weighted by Gasteiger charge is 2.27. The molecule has 3 N–H and O–H groups in total. The maximum Gasteiger partial charge on any atom is 0.335 e. The number of aromatic amines is 1. The Labute approximate surface area is 157 Å². The molecule has 0 aliphatic carbocycles. The molecule has 0 spiro atoms. The normalized spacial score (nSPS) is 16.0. The molecule has 1 aromatic carbocycles. The minimum absolute atomic E-state index is 0.0524. The van der Waals surface area contributed by atoms with Gasteiger partial charge in [-0.2, -0.15) is 5.10 Å². The van der Waals surface area contributed by atoms with E-state index in [0.717, 1.165) is 10.1 Å². The van der Waals surface area contributed by atoms with E-state index < -0.39 is 17.1 Å². The molecule has 1 aliphatic heterocycles. The van der Waals surface area contributed by atoms with Crippen LogP contribution in [0, 0.1) is 0 Å². The van der Waals surface area contributed by atoms with E-state index in [0.29, 0.717) is 22.8 Å². The van der Waals surface area contributed by atoms with Gasteiger partial charge in [0.2, 0.25) is 5.88 Å². The zero-order valence-corrected chi connectivity index (χ0v) is 14.6. The van der Waals surface area contributed by atoms with Gasteiger partial charge in [-0.15, -0.1) is 0 Å². The molecule has 0 unspecified atom stereocenters. The van der Waals surface area contributed by atoms with Crippen molar-refractivity contribution in [2.75, 3.05) is 0 Å². The molecule has 3 aromatic rings. The number of hydrogen-bond donors (Lipinski definition) is 3. The molecule has 1 aliphatic rings. The van der Waals surface area contributed by atoms with Crippen LogP contribution in [-0.2, 0) is 0 Å². The number of aromatic nitrogens is 3. The number of rotatable bonds is 3. The smallest absolute Gasteiger partial charge is 0.335 e. The quantitative estimate of drug-likeness (QED) is 0.637. The number of halogens is 1. The van der Waals surface area contributed by atoms with Gasteiger partial charge in [0.15, 0.2) is 0 Å². The SMILES string of the molecule is O=c1[nH]c(=O)n(-c2ccc(Cl)cc2)c(O)c1C1=NN[C@@H](c2cccnc2)C1. The minimum atomic E-state index is -0.751. The van der Waals surface area contributed by atoms with Crippen LogP contribution < -0.4 is 16.7 Å². The first-order chi connectivity index (χ1) is 13.0. The van der Waals surface area contributed by atoms with Crippen LogP contribution in [0.25, 0.3) is 5.69 Å². The van der Waals surface area contributed by atoms with Crippen molar-refractivity contribution in [2.24, 2.45) is 5.10 Å². The lowest BCUT2D eigenvalue weighted by Crippen LogP contribution is -2.33. The number of hydrogen-bond acceptors (Lipinski definition) is 6. The maximum absolute atomic E-state index is 12.4. The van der Waals surface area contributed by atoms with Crippen molar-refractivity contribution in [3.05, 3.63) is 85.8 Å². The third kappa shape index (κ3) is 3.11. The van der Waals surface area contributed by atoms with Gasteiger partial charge < -0.3 is 10.5 Å². The average Bonchev–Trinajstić information content (AvgIpc) is 3.13. The van der Waals surface area contributed by atoms with Crippen molar-refractivity contribution in [1.82, 2.24) is 20.0 Å². The highest BCUT2D eigenvalue weighted by atomic mass is 35.5. The van der Waals surface area contributed by atoms with Crippen molar-refractivity contribution in [3.8, 4) is 11.6 Å². The molecule has 3 heterocycles. The number of benzene rings is 1. The molecule has 1 atom stereocenters. The molecule has 2 aromatic heterocycles. The van der Waals surface area contributed by atoms with Crippen molar-refractivity contribution in [2.45, 2.75) is 12.5 Å². The topological polar surface area (TPSA) is 112 Å². The third-order valence-electron chi connectivity index (χ3n) is 4.30. The summed E-state index contributed by atoms with van der Waals surface area (Å²) >= 11 is 5.87. The Bertz CT molecular complexity index is 1140. The van der Waals surface area contributed by atoms with Gasteiger partial charge in [-0.3, -0.25) is 14.8 Å². The van der Waals surface area contributed by atoms with E-state index in [1.807, 2.05) is 6.07 Å². The van der Waals surface area contributed by atoms with Crippen LogP contribution in [0.3, 0.4) is 0 Å². The summed E-state index contributed by atoms with van der Waals surface area (Å²) in [6.45, 7) is 0. The van der Waals surface area contributed by atoms with E-state index in [9.17, 15) is 14.7 Å². The average molecular weight is 384 g/mol. The zero-order chi connectivity index (χ0) is 19.0. The molecular weight excluding hydrogens is 370 g/mol. The highest BCUT2D eigenvalue weighted by Crippen LogP contribution is 2.26. The van der Waals surface area contributed by atoms with E-state index >= 15 is 0 Å². The first-order valence-electron chi connectivity index (χ1n) is 8.11. The first kappa shape index (κ1) is 17.0. The molecule has 27 heavy (non-hydrogen) atoms. The molecule has 8 nitrogen and oxygen atoms in total. The van der Waals surface area contributed by atoms with Gasteiger partial charge in [-0.1, -0.05) is 17.7 Å². The van der Waals surface area contributed by atoms with Crippen LogP contribution in [-0.4, -0.2) is 25.4 Å². The van der Waals surface area contributed by atoms with E-state index in [2.05, 4.69) is 20.5 Å². The summed E-state index contributed by atoms with van der Waals surface area (Å²) in [6.07, 6.45) is 3.73. The van der Waals surface area contributed by atoms with Crippen molar-refractivity contribution in [1.29, 1.82) is 0 Å². The number of H-pyrrole nitrogens is 1. The van der Waals surface area contributed by atoms with Gasteiger partial charge in [-0.25, -0.2) is 9.36 Å². The van der Waals surface area contributed by atoms with Crippen LogP contribution in [0.15, 0.2) is 63.5 Å². The van der Waals surface area contributed by atoms with Crippen LogP contribution in [0.4, 0.5) is 0 Å². The lowest BCUT2D eigenvalue weighted by molar-refractivity contribution is 0.429. The fourth-order valence-corrected chi connectivity index (χ4v) is 3.11. The lowest BCUT2D eigenvalue weighted by atomic mass is 10.0. The molecule has 0 saturated heterocycles. The van der Waals surface area contributed by atoms with Crippen LogP contribution >= 0.6 is 11.6 Å². The second-order valence-corrected chi connectivity index (χ2v) is 6.44. The first-order valence-corrected chi connectivity index (χ1v) is 8.49. The maximum atomic E-state index is 12.4. The predicted octanol–water partition coefficient (Wildman–Crippen LogP) is 1.72. The molecular formula is C18H14ClN5O3. The Kier molecular flexibility index (Phi) is 4.25. The Hall–Kier alpha value is -3.39. The van der Waals surface area contributed by atoms with Gasteiger partial charge in [0, 0.05) is 23.8 Å². The summed E-state index contributed by atoms with van der Waals surface area (Å²) in [4.78, 5) is 30.9. The monoisotopic (exact) mass is 383 g/mol. The van der Waals surface area contributed by atoms with E-state index in [1.165, 1.54) is 0 Å². The van der Waals surface area contributed by atoms with Crippen LogP contribution in [0.1, 0.15) is 23.6 Å². The fraction of sp³-hybridized carbons (Fsp3) is 0.111. The van der Waals surface area contributed by atoms with Crippen LogP contribution in [0.2, 0.25) is 5.02 Å². The Morgan fingerprint density at radius 2 is 1.96 bits per heavy atom. The summed E-state index contributed by atoms with van der Waals surface area (Å²) in [5.74, 6) is -0.474. The molecule has 0 bridgehead atoms. The molecule has 0 radical (unpaired) electrons. The standard InChI is InChI=1S/C18H14ClN5O3/c19-11-3-5-12(6-4-11)24-17(26)15(16(25)21-18(24)27)14-8-13(22-23-14)10-2-1-7-20-9-10/h1-7,9,13,22,26H,8H2,(H,21,25,27)/t13-/m1/s1. The number of nitrogens with zero attached hydrogens (tertiary/aromatic N) is 3. The Balaban J connectivity index is 1.76. The van der Waals surface area contributed by atoms with Crippen LogP contribution in [0.5, 0.6) is 5.88 Å². The number of pyridine rings is 1. The minimum Gasteiger partial charge on any atom is -0.493 e. The predicted molar refractivity (Wildman–Crippen MR) is 101 cm³/mol. The van der Waals surface area contributed by atoms with Gasteiger partial charge in [0.25, 0.3) is 5.56 Å². The zero-order valence-electron chi connectivity index (χ0n) is 13.9. The molecule has 136 valence electrons. The second-order valence-electron chi connectivity index (χ2n) is 6.00. The van der Waals surface area contributed by atoms with E-state index in [-0.39, 0.29) is 11.6 Å². The number of nitrogens with one attached hydrogen (secondary N) is 2. The van der Waals surface area contributed by atoms with E-state index in [1.54, 1.807) is 42.7 Å². The highest BCUT2D eigenvalue weighted by molar-refractivity contribution is 6.30. The summed E-state index contributed by atoms with van der Waals surface area (Å²) in [7, 11) is 0. The molecule has 0 fully saturated rings. The number of hydrazone groups is 1. The second kappa shape index (κ2) is 6.73. The number of aromatic hydroxyl groups is 1. The van der Waals surface area contributed by atoms with Gasteiger partial charge in [-0.05, 0) is 35.9 Å². The van der Waals surface area contributed by atoms with Gasteiger partial charge in [0.05, 0.1) is 17.4 Å². The largest absolute Gasteiger partial charge is 0.493 e. The molecule has 0 amide bonds. The summed E-state index contributed by atoms with van der Waals surface area (Å²) < 4.78 is 1.01. The Morgan fingerprint density at radius 1 is 1.19 bits per heavy atom. The van der Waals surface area contributed by atoms with Crippen molar-refractivity contribution < 1.29 is 5.11 Å². The lowest BCUT2D eigenvalue weighted by Gasteiger charge is -2.12.